The van der Waals surface area contributed by atoms with Gasteiger partial charge in [-0.05, 0) is 17.5 Å². The van der Waals surface area contributed by atoms with Gasteiger partial charge in [-0.1, -0.05) is 18.2 Å². The van der Waals surface area contributed by atoms with Gasteiger partial charge in [0.25, 0.3) is 0 Å². The molecule has 0 unspecified atom stereocenters. The normalized spacial score (nSPS) is 12.0. The quantitative estimate of drug-likeness (QED) is 0.453. The van der Waals surface area contributed by atoms with E-state index >= 15 is 0 Å². The van der Waals surface area contributed by atoms with Crippen LogP contribution in [0.4, 0.5) is 0 Å². The molecule has 0 amide bonds. The Kier molecular flexibility index (Phi) is 1.38. The summed E-state index contributed by atoms with van der Waals surface area (Å²) >= 11 is 3.70. The SMILES string of the molecule is c1ccc2c(c1)[nH]c1c3sccc3sc21. The minimum Gasteiger partial charge on any atom is -0.353 e. The van der Waals surface area contributed by atoms with Crippen molar-refractivity contribution in [2.75, 3.05) is 0 Å². The predicted octanol–water partition coefficient (Wildman–Crippen LogP) is 4.60. The van der Waals surface area contributed by atoms with Gasteiger partial charge in [-0.2, -0.15) is 0 Å². The van der Waals surface area contributed by atoms with Crippen molar-refractivity contribution in [1.82, 2.24) is 4.98 Å². The van der Waals surface area contributed by atoms with Gasteiger partial charge in [0.15, 0.2) is 0 Å². The van der Waals surface area contributed by atoms with Crippen LogP contribution in [0.3, 0.4) is 0 Å². The average Bonchev–Trinajstić information content (AvgIpc) is 2.87. The van der Waals surface area contributed by atoms with Crippen LogP contribution in [0.25, 0.3) is 30.5 Å². The highest BCUT2D eigenvalue weighted by Gasteiger charge is 2.10. The Morgan fingerprint density at radius 3 is 2.93 bits per heavy atom. The number of fused-ring (bicyclic) bond motifs is 5. The zero-order valence-corrected chi connectivity index (χ0v) is 9.41. The molecule has 0 bridgehead atoms. The van der Waals surface area contributed by atoms with Crippen molar-refractivity contribution in [2.45, 2.75) is 0 Å². The van der Waals surface area contributed by atoms with Gasteiger partial charge in [-0.25, -0.2) is 0 Å². The highest BCUT2D eigenvalue weighted by Crippen LogP contribution is 2.40. The second kappa shape index (κ2) is 2.62. The van der Waals surface area contributed by atoms with Crippen molar-refractivity contribution < 1.29 is 0 Å². The van der Waals surface area contributed by atoms with Gasteiger partial charge >= 0.3 is 0 Å². The number of H-pyrrole nitrogens is 1. The zero-order chi connectivity index (χ0) is 9.83. The molecule has 1 nitrogen and oxygen atoms in total. The molecule has 0 atom stereocenters. The summed E-state index contributed by atoms with van der Waals surface area (Å²) in [5, 5.41) is 3.51. The Labute approximate surface area is 94.0 Å². The second-order valence-electron chi connectivity index (χ2n) is 3.59. The minimum atomic E-state index is 1.24. The maximum Gasteiger partial charge on any atom is 0.0756 e. The first kappa shape index (κ1) is 7.91. The summed E-state index contributed by atoms with van der Waals surface area (Å²) in [5.74, 6) is 0. The zero-order valence-electron chi connectivity index (χ0n) is 7.78. The molecular formula is C12H7NS2. The van der Waals surface area contributed by atoms with E-state index in [0.717, 1.165) is 0 Å². The lowest BCUT2D eigenvalue weighted by Crippen LogP contribution is -1.63. The van der Waals surface area contributed by atoms with E-state index in [2.05, 4.69) is 40.7 Å². The van der Waals surface area contributed by atoms with Crippen molar-refractivity contribution in [1.29, 1.82) is 0 Å². The molecular weight excluding hydrogens is 222 g/mol. The molecule has 3 heteroatoms. The molecule has 3 heterocycles. The van der Waals surface area contributed by atoms with Crippen LogP contribution in [0.5, 0.6) is 0 Å². The van der Waals surface area contributed by atoms with Crippen LogP contribution in [0, 0.1) is 0 Å². The summed E-state index contributed by atoms with van der Waals surface area (Å²) in [4.78, 5) is 3.51. The molecule has 0 radical (unpaired) electrons. The van der Waals surface area contributed by atoms with Crippen LogP contribution in [-0.2, 0) is 0 Å². The first-order valence-electron chi connectivity index (χ1n) is 4.80. The maximum absolute atomic E-state index is 3.51. The molecule has 3 aromatic heterocycles. The molecule has 4 rings (SSSR count). The van der Waals surface area contributed by atoms with Gasteiger partial charge in [0, 0.05) is 15.6 Å². The van der Waals surface area contributed by atoms with E-state index in [9.17, 15) is 0 Å². The number of aromatic amines is 1. The number of para-hydroxylation sites is 1. The predicted molar refractivity (Wildman–Crippen MR) is 69.1 cm³/mol. The Balaban J connectivity index is 2.39. The summed E-state index contributed by atoms with van der Waals surface area (Å²) in [6.45, 7) is 0. The van der Waals surface area contributed by atoms with Crippen molar-refractivity contribution in [2.24, 2.45) is 0 Å². The summed E-state index contributed by atoms with van der Waals surface area (Å²) in [7, 11) is 0. The summed E-state index contributed by atoms with van der Waals surface area (Å²) in [6, 6.07) is 10.7. The van der Waals surface area contributed by atoms with E-state index in [1.165, 1.54) is 30.5 Å². The molecule has 1 aromatic carbocycles. The van der Waals surface area contributed by atoms with Crippen LogP contribution in [0.2, 0.25) is 0 Å². The van der Waals surface area contributed by atoms with Crippen molar-refractivity contribution in [3.63, 3.8) is 0 Å². The van der Waals surface area contributed by atoms with E-state index in [4.69, 9.17) is 0 Å². The molecule has 4 aromatic rings. The van der Waals surface area contributed by atoms with Crippen LogP contribution in [0.15, 0.2) is 35.7 Å². The largest absolute Gasteiger partial charge is 0.353 e. The molecule has 0 aliphatic rings. The monoisotopic (exact) mass is 229 g/mol. The minimum absolute atomic E-state index is 1.24. The van der Waals surface area contributed by atoms with Gasteiger partial charge in [-0.3, -0.25) is 0 Å². The lowest BCUT2D eigenvalue weighted by Gasteiger charge is -1.85. The Hall–Kier alpha value is -1.32. The van der Waals surface area contributed by atoms with Crippen LogP contribution < -0.4 is 0 Å². The van der Waals surface area contributed by atoms with Crippen LogP contribution >= 0.6 is 22.7 Å². The number of hydrogen-bond acceptors (Lipinski definition) is 2. The Bertz CT molecular complexity index is 772. The van der Waals surface area contributed by atoms with E-state index in [0.29, 0.717) is 0 Å². The molecule has 0 saturated carbocycles. The maximum atomic E-state index is 3.51. The molecule has 0 aliphatic carbocycles. The van der Waals surface area contributed by atoms with Crippen molar-refractivity contribution in [3.8, 4) is 0 Å². The Morgan fingerprint density at radius 2 is 1.93 bits per heavy atom. The first-order valence-corrected chi connectivity index (χ1v) is 6.49. The number of hydrogen-bond donors (Lipinski definition) is 1. The van der Waals surface area contributed by atoms with Crippen LogP contribution in [0.1, 0.15) is 0 Å². The summed E-state index contributed by atoms with van der Waals surface area (Å²) in [5.41, 5.74) is 2.56. The van der Waals surface area contributed by atoms with Gasteiger partial charge in [0.05, 0.1) is 14.9 Å². The van der Waals surface area contributed by atoms with E-state index in [1.807, 2.05) is 22.7 Å². The molecule has 0 saturated heterocycles. The fraction of sp³-hybridized carbons (Fsp3) is 0. The lowest BCUT2D eigenvalue weighted by molar-refractivity contribution is 1.57. The third kappa shape index (κ3) is 0.919. The van der Waals surface area contributed by atoms with E-state index < -0.39 is 0 Å². The van der Waals surface area contributed by atoms with Crippen molar-refractivity contribution in [3.05, 3.63) is 35.7 Å². The number of thiophene rings is 2. The fourth-order valence-electron chi connectivity index (χ4n) is 2.05. The molecule has 0 fully saturated rings. The molecule has 0 aliphatic heterocycles. The third-order valence-corrected chi connectivity index (χ3v) is 4.98. The fourth-order valence-corrected chi connectivity index (χ4v) is 4.36. The molecule has 15 heavy (non-hydrogen) atoms. The van der Waals surface area contributed by atoms with Crippen LogP contribution in [-0.4, -0.2) is 4.98 Å². The lowest BCUT2D eigenvalue weighted by atomic mass is 10.2. The van der Waals surface area contributed by atoms with Gasteiger partial charge < -0.3 is 4.98 Å². The van der Waals surface area contributed by atoms with Gasteiger partial charge in [0.1, 0.15) is 0 Å². The molecule has 72 valence electrons. The summed E-state index contributed by atoms with van der Waals surface area (Å²) < 4.78 is 4.19. The third-order valence-electron chi connectivity index (χ3n) is 2.73. The first-order chi connectivity index (χ1) is 7.43. The number of aromatic nitrogens is 1. The standard InChI is InChI=1S/C12H7NS2/c1-2-4-8-7(3-1)11-10(13-8)12-9(15-11)5-6-14-12/h1-6,13H. The number of rotatable bonds is 0. The topological polar surface area (TPSA) is 15.8 Å². The second-order valence-corrected chi connectivity index (χ2v) is 5.56. The van der Waals surface area contributed by atoms with Gasteiger partial charge in [0.2, 0.25) is 0 Å². The van der Waals surface area contributed by atoms with Crippen molar-refractivity contribution >= 4 is 53.2 Å². The number of nitrogens with one attached hydrogen (secondary N) is 1. The van der Waals surface area contributed by atoms with Gasteiger partial charge in [-0.15, -0.1) is 22.7 Å². The highest BCUT2D eigenvalue weighted by molar-refractivity contribution is 7.32. The molecule has 1 N–H and O–H groups in total. The smallest absolute Gasteiger partial charge is 0.0756 e. The van der Waals surface area contributed by atoms with E-state index in [-0.39, 0.29) is 0 Å². The highest BCUT2D eigenvalue weighted by atomic mass is 32.1. The summed E-state index contributed by atoms with van der Waals surface area (Å²) in [6.07, 6.45) is 0. The average molecular weight is 229 g/mol. The Morgan fingerprint density at radius 1 is 1.00 bits per heavy atom. The molecule has 0 spiro atoms. The number of benzene rings is 1. The van der Waals surface area contributed by atoms with E-state index in [1.54, 1.807) is 0 Å².